The molecule has 0 amide bonds. The highest BCUT2D eigenvalue weighted by atomic mass is 32.1. The van der Waals surface area contributed by atoms with Gasteiger partial charge < -0.3 is 10.5 Å². The van der Waals surface area contributed by atoms with Gasteiger partial charge in [-0.05, 0) is 26.0 Å². The Hall–Kier alpha value is -1.00. The Bertz CT molecular complexity index is 341. The van der Waals surface area contributed by atoms with Crippen LogP contribution in [0.5, 0.6) is 0 Å². The van der Waals surface area contributed by atoms with Crippen LogP contribution in [0.2, 0.25) is 0 Å². The molecule has 1 aromatic heterocycles. The monoisotopic (exact) mass is 197 g/mol. The number of ketones is 1. The Morgan fingerprint density at radius 2 is 2.23 bits per heavy atom. The molecule has 0 aromatic carbocycles. The van der Waals surface area contributed by atoms with Crippen LogP contribution in [0.3, 0.4) is 0 Å². The molecule has 0 bridgehead atoms. The fraction of sp³-hybridized carbons (Fsp3) is 0.333. The van der Waals surface area contributed by atoms with Crippen molar-refractivity contribution in [2.75, 3.05) is 0 Å². The summed E-state index contributed by atoms with van der Waals surface area (Å²) in [5.41, 5.74) is 4.71. The first-order valence-corrected chi connectivity index (χ1v) is 4.65. The quantitative estimate of drug-likeness (QED) is 0.587. The molecule has 0 fully saturated rings. The van der Waals surface area contributed by atoms with Crippen molar-refractivity contribution in [1.29, 1.82) is 0 Å². The Kier molecular flexibility index (Phi) is 2.63. The second kappa shape index (κ2) is 3.40. The SMILES string of the molecule is CC(=O)c1ccc(C(C)(N)C=O)s1. The molecule has 0 saturated heterocycles. The Morgan fingerprint density at radius 1 is 1.62 bits per heavy atom. The Balaban J connectivity index is 3.05. The molecule has 3 nitrogen and oxygen atoms in total. The second-order valence-electron chi connectivity index (χ2n) is 3.12. The van der Waals surface area contributed by atoms with Gasteiger partial charge in [-0.15, -0.1) is 11.3 Å². The molecular weight excluding hydrogens is 186 g/mol. The predicted molar refractivity (Wildman–Crippen MR) is 51.9 cm³/mol. The molecule has 0 saturated carbocycles. The lowest BCUT2D eigenvalue weighted by Crippen LogP contribution is -2.33. The molecule has 1 unspecified atom stereocenters. The lowest BCUT2D eigenvalue weighted by molar-refractivity contribution is -0.111. The molecule has 0 spiro atoms. The van der Waals surface area contributed by atoms with Crippen LogP contribution in [0, 0.1) is 0 Å². The van der Waals surface area contributed by atoms with Gasteiger partial charge in [0.2, 0.25) is 0 Å². The van der Waals surface area contributed by atoms with E-state index in [9.17, 15) is 9.59 Å². The Morgan fingerprint density at radius 3 is 2.62 bits per heavy atom. The first-order valence-electron chi connectivity index (χ1n) is 3.84. The summed E-state index contributed by atoms with van der Waals surface area (Å²) in [6.07, 6.45) is 0.683. The summed E-state index contributed by atoms with van der Waals surface area (Å²) >= 11 is 1.27. The molecule has 1 atom stereocenters. The van der Waals surface area contributed by atoms with Crippen molar-refractivity contribution < 1.29 is 9.59 Å². The van der Waals surface area contributed by atoms with Crippen molar-refractivity contribution in [2.24, 2.45) is 5.73 Å². The maximum Gasteiger partial charge on any atom is 0.169 e. The summed E-state index contributed by atoms with van der Waals surface area (Å²) in [7, 11) is 0. The lowest BCUT2D eigenvalue weighted by Gasteiger charge is -2.13. The van der Waals surface area contributed by atoms with Gasteiger partial charge in [0.25, 0.3) is 0 Å². The van der Waals surface area contributed by atoms with Gasteiger partial charge in [-0.25, -0.2) is 0 Å². The van der Waals surface area contributed by atoms with Crippen molar-refractivity contribution in [3.8, 4) is 0 Å². The van der Waals surface area contributed by atoms with E-state index in [4.69, 9.17) is 5.73 Å². The van der Waals surface area contributed by atoms with Gasteiger partial charge in [-0.2, -0.15) is 0 Å². The number of aldehydes is 1. The maximum absolute atomic E-state index is 11.0. The molecular formula is C9H11NO2S. The van der Waals surface area contributed by atoms with Crippen LogP contribution in [0.15, 0.2) is 12.1 Å². The molecule has 13 heavy (non-hydrogen) atoms. The normalized spacial score (nSPS) is 15.0. The minimum Gasteiger partial charge on any atom is -0.315 e. The second-order valence-corrected chi connectivity index (χ2v) is 4.20. The van der Waals surface area contributed by atoms with Crippen LogP contribution in [0.4, 0.5) is 0 Å². The number of nitrogens with two attached hydrogens (primary N) is 1. The van der Waals surface area contributed by atoms with E-state index in [-0.39, 0.29) is 5.78 Å². The summed E-state index contributed by atoms with van der Waals surface area (Å²) in [4.78, 5) is 22.9. The highest BCUT2D eigenvalue weighted by Gasteiger charge is 2.22. The third-order valence-electron chi connectivity index (χ3n) is 1.73. The predicted octanol–water partition coefficient (Wildman–Crippen LogP) is 1.32. The zero-order chi connectivity index (χ0) is 10.1. The molecule has 2 N–H and O–H groups in total. The molecule has 0 aliphatic rings. The van der Waals surface area contributed by atoms with Crippen molar-refractivity contribution >= 4 is 23.4 Å². The number of rotatable bonds is 3. The van der Waals surface area contributed by atoms with Crippen molar-refractivity contribution in [3.63, 3.8) is 0 Å². The zero-order valence-electron chi connectivity index (χ0n) is 7.53. The van der Waals surface area contributed by atoms with Crippen LogP contribution in [0.1, 0.15) is 28.4 Å². The van der Waals surface area contributed by atoms with Crippen molar-refractivity contribution in [1.82, 2.24) is 0 Å². The van der Waals surface area contributed by atoms with Gasteiger partial charge in [0, 0.05) is 4.88 Å². The van der Waals surface area contributed by atoms with Crippen LogP contribution in [-0.4, -0.2) is 12.1 Å². The third-order valence-corrected chi connectivity index (χ3v) is 3.17. The maximum atomic E-state index is 11.0. The van der Waals surface area contributed by atoms with E-state index in [1.807, 2.05) is 0 Å². The smallest absolute Gasteiger partial charge is 0.169 e. The summed E-state index contributed by atoms with van der Waals surface area (Å²) in [5.74, 6) is -0.00190. The molecule has 0 radical (unpaired) electrons. The van der Waals surface area contributed by atoms with Gasteiger partial charge >= 0.3 is 0 Å². The fourth-order valence-electron chi connectivity index (χ4n) is 0.875. The number of hydrogen-bond acceptors (Lipinski definition) is 4. The lowest BCUT2D eigenvalue weighted by atomic mass is 10.0. The van der Waals surface area contributed by atoms with Crippen LogP contribution >= 0.6 is 11.3 Å². The average molecular weight is 197 g/mol. The highest BCUT2D eigenvalue weighted by molar-refractivity contribution is 7.14. The van der Waals surface area contributed by atoms with Gasteiger partial charge in [0.1, 0.15) is 11.8 Å². The van der Waals surface area contributed by atoms with Gasteiger partial charge in [-0.1, -0.05) is 0 Å². The summed E-state index contributed by atoms with van der Waals surface area (Å²) in [5, 5.41) is 0. The minimum absolute atomic E-state index is 0.00190. The summed E-state index contributed by atoms with van der Waals surface area (Å²) in [6, 6.07) is 3.41. The molecule has 1 rings (SSSR count). The van der Waals surface area contributed by atoms with Gasteiger partial charge in [-0.3, -0.25) is 4.79 Å². The molecule has 70 valence electrons. The zero-order valence-corrected chi connectivity index (χ0v) is 8.35. The first kappa shape index (κ1) is 10.1. The van der Waals surface area contributed by atoms with Gasteiger partial charge in [0.05, 0.1) is 4.88 Å². The third kappa shape index (κ3) is 2.02. The minimum atomic E-state index is -0.974. The number of hydrogen-bond donors (Lipinski definition) is 1. The van der Waals surface area contributed by atoms with E-state index >= 15 is 0 Å². The standard InChI is InChI=1S/C9H11NO2S/c1-6(12)7-3-4-8(13-7)9(2,10)5-11/h3-5H,10H2,1-2H3. The van der Waals surface area contributed by atoms with E-state index in [1.165, 1.54) is 18.3 Å². The molecule has 0 aliphatic carbocycles. The van der Waals surface area contributed by atoms with Crippen LogP contribution in [0.25, 0.3) is 0 Å². The topological polar surface area (TPSA) is 60.2 Å². The average Bonchev–Trinajstić information content (AvgIpc) is 2.52. The largest absolute Gasteiger partial charge is 0.315 e. The number of thiophene rings is 1. The van der Waals surface area contributed by atoms with E-state index in [2.05, 4.69) is 0 Å². The van der Waals surface area contributed by atoms with E-state index in [0.717, 1.165) is 0 Å². The number of carbonyl (C=O) groups excluding carboxylic acids is 2. The Labute approximate surface area is 80.6 Å². The van der Waals surface area contributed by atoms with Crippen molar-refractivity contribution in [3.05, 3.63) is 21.9 Å². The number of carbonyl (C=O) groups is 2. The van der Waals surface area contributed by atoms with E-state index < -0.39 is 5.54 Å². The van der Waals surface area contributed by atoms with Crippen molar-refractivity contribution in [2.45, 2.75) is 19.4 Å². The van der Waals surface area contributed by atoms with E-state index in [0.29, 0.717) is 16.0 Å². The highest BCUT2D eigenvalue weighted by Crippen LogP contribution is 2.25. The summed E-state index contributed by atoms with van der Waals surface area (Å²) in [6.45, 7) is 3.11. The molecule has 0 aliphatic heterocycles. The fourth-order valence-corrected chi connectivity index (χ4v) is 1.80. The van der Waals surface area contributed by atoms with Gasteiger partial charge in [0.15, 0.2) is 5.78 Å². The van der Waals surface area contributed by atoms with Crippen LogP contribution in [-0.2, 0) is 10.3 Å². The molecule has 4 heteroatoms. The van der Waals surface area contributed by atoms with E-state index in [1.54, 1.807) is 19.1 Å². The number of Topliss-reactive ketones (excluding diaryl/α,β-unsaturated/α-hetero) is 1. The summed E-state index contributed by atoms with van der Waals surface area (Å²) < 4.78 is 0. The first-order chi connectivity index (χ1) is 5.97. The molecule has 1 heterocycles. The van der Waals surface area contributed by atoms with Crippen LogP contribution < -0.4 is 5.73 Å². The molecule has 1 aromatic rings.